The first-order chi connectivity index (χ1) is 9.28. The van der Waals surface area contributed by atoms with Crippen LogP contribution in [-0.4, -0.2) is 55.7 Å². The molecule has 115 valence electrons. The molecule has 0 aromatic carbocycles. The van der Waals surface area contributed by atoms with Crippen molar-refractivity contribution in [2.75, 3.05) is 26.2 Å². The Morgan fingerprint density at radius 1 is 0.526 bits per heavy atom. The van der Waals surface area contributed by atoms with Crippen LogP contribution in [0.2, 0.25) is 0 Å². The Morgan fingerprint density at radius 3 is 1.00 bits per heavy atom. The van der Waals surface area contributed by atoms with Gasteiger partial charge in [-0.2, -0.15) is 0 Å². The molecule has 0 heterocycles. The predicted octanol–water partition coefficient (Wildman–Crippen LogP) is 4.33. The SMILES string of the molecule is CCCC[N](CCCC)[Bi][N](CCCC)CCCC. The monoisotopic (exact) mass is 465 g/mol. The number of unbranched alkanes of at least 4 members (excludes halogenated alkanes) is 4. The van der Waals surface area contributed by atoms with E-state index in [2.05, 4.69) is 33.4 Å². The maximum atomic E-state index is 2.86. The summed E-state index contributed by atoms with van der Waals surface area (Å²) in [5.74, 6) is 0. The van der Waals surface area contributed by atoms with E-state index in [1.165, 1.54) is 77.5 Å². The molecule has 0 atom stereocenters. The van der Waals surface area contributed by atoms with E-state index in [0.29, 0.717) is 0 Å². The summed E-state index contributed by atoms with van der Waals surface area (Å²) < 4.78 is 5.72. The van der Waals surface area contributed by atoms with Crippen LogP contribution in [0.3, 0.4) is 0 Å². The summed E-state index contributed by atoms with van der Waals surface area (Å²) in [6.07, 6.45) is 10.9. The van der Waals surface area contributed by atoms with E-state index in [4.69, 9.17) is 0 Å². The molecule has 0 amide bonds. The minimum absolute atomic E-state index is 0.586. The van der Waals surface area contributed by atoms with Gasteiger partial charge < -0.3 is 0 Å². The molecule has 0 aromatic rings. The number of nitrogens with zero attached hydrogens (tertiary/aromatic N) is 2. The Labute approximate surface area is 134 Å². The fourth-order valence-electron chi connectivity index (χ4n) is 1.94. The molecule has 3 heteroatoms. The van der Waals surface area contributed by atoms with Crippen LogP contribution in [0.5, 0.6) is 0 Å². The molecule has 0 saturated carbocycles. The first-order valence-electron chi connectivity index (χ1n) is 8.49. The molecule has 0 unspecified atom stereocenters. The zero-order chi connectivity index (χ0) is 14.3. The average Bonchev–Trinajstić information content (AvgIpc) is 2.44. The minimum atomic E-state index is -0.586. The van der Waals surface area contributed by atoms with Crippen molar-refractivity contribution in [2.45, 2.75) is 79.1 Å². The van der Waals surface area contributed by atoms with Crippen molar-refractivity contribution in [3.05, 3.63) is 0 Å². The molecule has 0 aliphatic rings. The maximum absolute atomic E-state index is 2.86. The summed E-state index contributed by atoms with van der Waals surface area (Å²) in [4.78, 5) is 0. The van der Waals surface area contributed by atoms with Gasteiger partial charge in [-0.1, -0.05) is 0 Å². The molecular formula is C16H36BiN2. The second-order valence-corrected chi connectivity index (χ2v) is 10.5. The van der Waals surface area contributed by atoms with Crippen molar-refractivity contribution in [1.29, 1.82) is 0 Å². The van der Waals surface area contributed by atoms with Gasteiger partial charge in [-0.3, -0.25) is 0 Å². The van der Waals surface area contributed by atoms with Crippen LogP contribution in [-0.2, 0) is 0 Å². The molecule has 0 aliphatic heterocycles. The van der Waals surface area contributed by atoms with Crippen molar-refractivity contribution < 1.29 is 0 Å². The van der Waals surface area contributed by atoms with Crippen molar-refractivity contribution in [3.63, 3.8) is 0 Å². The fourth-order valence-corrected chi connectivity index (χ4v) is 6.92. The van der Waals surface area contributed by atoms with Crippen LogP contribution in [0, 0.1) is 0 Å². The molecule has 0 N–H and O–H groups in total. The van der Waals surface area contributed by atoms with Crippen LogP contribution in [0.4, 0.5) is 0 Å². The van der Waals surface area contributed by atoms with Crippen LogP contribution in [0.1, 0.15) is 79.1 Å². The van der Waals surface area contributed by atoms with Gasteiger partial charge in [0.1, 0.15) is 0 Å². The Balaban J connectivity index is 4.16. The van der Waals surface area contributed by atoms with Gasteiger partial charge in [-0.15, -0.1) is 0 Å². The summed E-state index contributed by atoms with van der Waals surface area (Å²) >= 11 is -0.586. The van der Waals surface area contributed by atoms with Gasteiger partial charge in [-0.05, 0) is 0 Å². The first-order valence-corrected chi connectivity index (χ1v) is 11.6. The van der Waals surface area contributed by atoms with Crippen LogP contribution in [0.25, 0.3) is 0 Å². The average molecular weight is 465 g/mol. The Hall–Kier alpha value is 0.803. The van der Waals surface area contributed by atoms with E-state index < -0.39 is 23.8 Å². The van der Waals surface area contributed by atoms with Gasteiger partial charge in [0.25, 0.3) is 0 Å². The Kier molecular flexibility index (Phi) is 15.8. The van der Waals surface area contributed by atoms with E-state index in [9.17, 15) is 0 Å². The second-order valence-electron chi connectivity index (χ2n) is 5.41. The third-order valence-corrected chi connectivity index (χ3v) is 8.41. The number of rotatable bonds is 14. The second kappa shape index (κ2) is 15.2. The zero-order valence-corrected chi connectivity index (χ0v) is 17.3. The van der Waals surface area contributed by atoms with E-state index in [-0.39, 0.29) is 0 Å². The molecular weight excluding hydrogens is 429 g/mol. The summed E-state index contributed by atoms with van der Waals surface area (Å²) in [5, 5.41) is 0. The summed E-state index contributed by atoms with van der Waals surface area (Å²) in [5.41, 5.74) is 0. The molecule has 0 aromatic heterocycles. The molecule has 1 radical (unpaired) electrons. The van der Waals surface area contributed by atoms with Crippen molar-refractivity contribution in [3.8, 4) is 0 Å². The summed E-state index contributed by atoms with van der Waals surface area (Å²) in [6, 6.07) is 0. The van der Waals surface area contributed by atoms with E-state index in [1.54, 1.807) is 0 Å². The topological polar surface area (TPSA) is 6.48 Å². The number of hydrogen-bond acceptors (Lipinski definition) is 2. The molecule has 0 bridgehead atoms. The molecule has 0 fully saturated rings. The van der Waals surface area contributed by atoms with E-state index in [0.717, 1.165) is 0 Å². The molecule has 0 spiro atoms. The molecule has 0 saturated heterocycles. The predicted molar refractivity (Wildman–Crippen MR) is 88.5 cm³/mol. The third-order valence-electron chi connectivity index (χ3n) is 3.33. The molecule has 0 rings (SSSR count). The fraction of sp³-hybridized carbons (Fsp3) is 1.00. The van der Waals surface area contributed by atoms with Gasteiger partial charge in [-0.25, -0.2) is 0 Å². The molecule has 2 nitrogen and oxygen atoms in total. The van der Waals surface area contributed by atoms with Gasteiger partial charge >= 0.3 is 135 Å². The van der Waals surface area contributed by atoms with Gasteiger partial charge in [0.15, 0.2) is 0 Å². The van der Waals surface area contributed by atoms with Crippen LogP contribution >= 0.6 is 0 Å². The van der Waals surface area contributed by atoms with Gasteiger partial charge in [0, 0.05) is 0 Å². The van der Waals surface area contributed by atoms with Crippen molar-refractivity contribution >= 4 is 23.8 Å². The van der Waals surface area contributed by atoms with Gasteiger partial charge in [0.2, 0.25) is 0 Å². The van der Waals surface area contributed by atoms with Crippen molar-refractivity contribution in [2.24, 2.45) is 0 Å². The Morgan fingerprint density at radius 2 is 0.789 bits per heavy atom. The Bertz CT molecular complexity index is 142. The molecule has 19 heavy (non-hydrogen) atoms. The zero-order valence-electron chi connectivity index (χ0n) is 13.8. The van der Waals surface area contributed by atoms with Crippen LogP contribution < -0.4 is 0 Å². The number of hydrogen-bond donors (Lipinski definition) is 0. The summed E-state index contributed by atoms with van der Waals surface area (Å²) in [7, 11) is 0. The first kappa shape index (κ1) is 19.8. The van der Waals surface area contributed by atoms with E-state index >= 15 is 0 Å². The van der Waals surface area contributed by atoms with Crippen LogP contribution in [0.15, 0.2) is 0 Å². The normalized spacial score (nSPS) is 11.7. The standard InChI is InChI=1S/2C8H18N.Bi/c2*1-3-5-7-9-8-6-4-2;/h2*3-8H2,1-2H3;/q2*-1;+2. The van der Waals surface area contributed by atoms with Gasteiger partial charge in [0.05, 0.1) is 0 Å². The quantitative estimate of drug-likeness (QED) is 0.353. The third kappa shape index (κ3) is 12.3. The van der Waals surface area contributed by atoms with Crippen molar-refractivity contribution in [1.82, 2.24) is 5.69 Å². The van der Waals surface area contributed by atoms with E-state index in [1.807, 2.05) is 0 Å². The summed E-state index contributed by atoms with van der Waals surface area (Å²) in [6.45, 7) is 14.7. The molecule has 0 aliphatic carbocycles.